The molecule has 2 N–H and O–H groups in total. The second-order valence-corrected chi connectivity index (χ2v) is 7.76. The Kier molecular flexibility index (Phi) is 6.07. The Hall–Kier alpha value is -2.59. The fourth-order valence-electron chi connectivity index (χ4n) is 3.98. The van der Waals surface area contributed by atoms with E-state index in [-0.39, 0.29) is 0 Å². The molecular formula is C24H29N3O. The molecule has 28 heavy (non-hydrogen) atoms. The van der Waals surface area contributed by atoms with Crippen LogP contribution in [-0.2, 0) is 0 Å². The third-order valence-electron chi connectivity index (χ3n) is 5.52. The highest BCUT2D eigenvalue weighted by atomic mass is 16.5. The molecule has 4 rings (SSSR count). The molecule has 146 valence electrons. The Labute approximate surface area is 167 Å². The Morgan fingerprint density at radius 3 is 2.93 bits per heavy atom. The van der Waals surface area contributed by atoms with Gasteiger partial charge in [-0.1, -0.05) is 24.3 Å². The molecule has 0 bridgehead atoms. The molecule has 2 heterocycles. The lowest BCUT2D eigenvalue weighted by Gasteiger charge is -2.30. The van der Waals surface area contributed by atoms with Crippen molar-refractivity contribution >= 4 is 16.6 Å². The minimum Gasteiger partial charge on any atom is -0.493 e. The highest BCUT2D eigenvalue weighted by Gasteiger charge is 2.21. The Bertz CT molecular complexity index is 897. The van der Waals surface area contributed by atoms with Crippen molar-refractivity contribution in [3.05, 3.63) is 66.4 Å². The van der Waals surface area contributed by atoms with Gasteiger partial charge in [0, 0.05) is 29.9 Å². The van der Waals surface area contributed by atoms with Crippen molar-refractivity contribution in [1.29, 1.82) is 0 Å². The first-order valence-electron chi connectivity index (χ1n) is 10.3. The standard InChI is InChI=1S/C24H29N3O/c1-18-14-22-23(27-16-18)8-5-9-24(22)28-13-11-21-15-19(10-12-25-21)17-26-20-6-3-2-4-7-20/h2-9,14,16,19,21,25-26H,10-13,15,17H2,1H3. The van der Waals surface area contributed by atoms with Crippen molar-refractivity contribution in [2.75, 3.05) is 25.0 Å². The van der Waals surface area contributed by atoms with Crippen LogP contribution in [0.25, 0.3) is 10.9 Å². The number of nitrogens with one attached hydrogen (secondary N) is 2. The summed E-state index contributed by atoms with van der Waals surface area (Å²) in [6.07, 6.45) is 5.35. The van der Waals surface area contributed by atoms with Crippen LogP contribution in [0.2, 0.25) is 0 Å². The lowest BCUT2D eigenvalue weighted by Crippen LogP contribution is -2.40. The highest BCUT2D eigenvalue weighted by molar-refractivity contribution is 5.85. The molecule has 0 saturated carbocycles. The Balaban J connectivity index is 1.27. The van der Waals surface area contributed by atoms with Crippen molar-refractivity contribution in [1.82, 2.24) is 10.3 Å². The molecule has 1 fully saturated rings. The van der Waals surface area contributed by atoms with Gasteiger partial charge in [0.2, 0.25) is 0 Å². The van der Waals surface area contributed by atoms with E-state index in [1.165, 1.54) is 18.5 Å². The van der Waals surface area contributed by atoms with Gasteiger partial charge in [-0.15, -0.1) is 0 Å². The predicted molar refractivity (Wildman–Crippen MR) is 116 cm³/mol. The van der Waals surface area contributed by atoms with Crippen LogP contribution in [0.5, 0.6) is 5.75 Å². The summed E-state index contributed by atoms with van der Waals surface area (Å²) in [4.78, 5) is 4.50. The zero-order valence-electron chi connectivity index (χ0n) is 16.5. The molecule has 1 aliphatic heterocycles. The predicted octanol–water partition coefficient (Wildman–Crippen LogP) is 4.79. The normalized spacial score (nSPS) is 19.5. The number of hydrogen-bond acceptors (Lipinski definition) is 4. The van der Waals surface area contributed by atoms with Crippen LogP contribution in [0.15, 0.2) is 60.8 Å². The SMILES string of the molecule is Cc1cnc2cccc(OCCC3CC(CNc4ccccc4)CCN3)c2c1. The number of fused-ring (bicyclic) bond motifs is 1. The molecular weight excluding hydrogens is 346 g/mol. The van der Waals surface area contributed by atoms with Gasteiger partial charge in [0.1, 0.15) is 5.75 Å². The smallest absolute Gasteiger partial charge is 0.128 e. The molecule has 1 aromatic heterocycles. The molecule has 0 aliphatic carbocycles. The number of rotatable bonds is 7. The van der Waals surface area contributed by atoms with Crippen molar-refractivity contribution in [3.8, 4) is 5.75 Å². The maximum atomic E-state index is 6.15. The Morgan fingerprint density at radius 1 is 1.14 bits per heavy atom. The van der Waals surface area contributed by atoms with E-state index in [9.17, 15) is 0 Å². The summed E-state index contributed by atoms with van der Waals surface area (Å²) in [6, 6.07) is 19.3. The summed E-state index contributed by atoms with van der Waals surface area (Å²) < 4.78 is 6.15. The maximum absolute atomic E-state index is 6.15. The maximum Gasteiger partial charge on any atom is 0.128 e. The number of para-hydroxylation sites is 1. The lowest BCUT2D eigenvalue weighted by molar-refractivity contribution is 0.244. The van der Waals surface area contributed by atoms with Crippen molar-refractivity contribution in [2.24, 2.45) is 5.92 Å². The molecule has 2 unspecified atom stereocenters. The molecule has 1 saturated heterocycles. The first-order valence-corrected chi connectivity index (χ1v) is 10.3. The third-order valence-corrected chi connectivity index (χ3v) is 5.52. The molecule has 3 aromatic rings. The van der Waals surface area contributed by atoms with Gasteiger partial charge in [-0.3, -0.25) is 4.98 Å². The largest absolute Gasteiger partial charge is 0.493 e. The summed E-state index contributed by atoms with van der Waals surface area (Å²) in [5.74, 6) is 1.64. The number of anilines is 1. The van der Waals surface area contributed by atoms with Gasteiger partial charge in [-0.05, 0) is 74.5 Å². The van der Waals surface area contributed by atoms with Crippen molar-refractivity contribution < 1.29 is 4.74 Å². The minimum atomic E-state index is 0.520. The molecule has 2 atom stereocenters. The van der Waals surface area contributed by atoms with E-state index in [4.69, 9.17) is 4.74 Å². The number of hydrogen-bond donors (Lipinski definition) is 2. The monoisotopic (exact) mass is 375 g/mol. The van der Waals surface area contributed by atoms with Crippen LogP contribution in [0.4, 0.5) is 5.69 Å². The molecule has 0 radical (unpaired) electrons. The molecule has 4 nitrogen and oxygen atoms in total. The van der Waals surface area contributed by atoms with Gasteiger partial charge in [0.25, 0.3) is 0 Å². The average molecular weight is 376 g/mol. The molecule has 4 heteroatoms. The van der Waals surface area contributed by atoms with Gasteiger partial charge < -0.3 is 15.4 Å². The summed E-state index contributed by atoms with van der Waals surface area (Å²) >= 11 is 0. The minimum absolute atomic E-state index is 0.520. The van der Waals surface area contributed by atoms with Crippen molar-refractivity contribution in [2.45, 2.75) is 32.2 Å². The van der Waals surface area contributed by atoms with Gasteiger partial charge in [0.05, 0.1) is 12.1 Å². The van der Waals surface area contributed by atoms with Crippen LogP contribution in [0.1, 0.15) is 24.8 Å². The number of nitrogens with zero attached hydrogens (tertiary/aromatic N) is 1. The lowest BCUT2D eigenvalue weighted by atomic mass is 9.91. The second-order valence-electron chi connectivity index (χ2n) is 7.76. The van der Waals surface area contributed by atoms with Crippen LogP contribution in [0, 0.1) is 12.8 Å². The highest BCUT2D eigenvalue weighted by Crippen LogP contribution is 2.26. The zero-order chi connectivity index (χ0) is 19.2. The van der Waals surface area contributed by atoms with E-state index in [0.29, 0.717) is 12.0 Å². The molecule has 2 aromatic carbocycles. The third kappa shape index (κ3) is 4.82. The quantitative estimate of drug-likeness (QED) is 0.623. The number of ether oxygens (including phenoxy) is 1. The van der Waals surface area contributed by atoms with Gasteiger partial charge in [-0.25, -0.2) is 0 Å². The molecule has 0 amide bonds. The van der Waals surface area contributed by atoms with E-state index < -0.39 is 0 Å². The fraction of sp³-hybridized carbons (Fsp3) is 0.375. The van der Waals surface area contributed by atoms with Crippen LogP contribution in [0.3, 0.4) is 0 Å². The fourth-order valence-corrected chi connectivity index (χ4v) is 3.98. The first-order chi connectivity index (χ1) is 13.8. The number of benzene rings is 2. The summed E-state index contributed by atoms with van der Waals surface area (Å²) in [5, 5.41) is 8.34. The number of piperidine rings is 1. The van der Waals surface area contributed by atoms with Crippen molar-refractivity contribution in [3.63, 3.8) is 0 Å². The van der Waals surface area contributed by atoms with Crippen LogP contribution >= 0.6 is 0 Å². The first kappa shape index (κ1) is 18.8. The summed E-state index contributed by atoms with van der Waals surface area (Å²) in [6.45, 7) is 4.92. The summed E-state index contributed by atoms with van der Waals surface area (Å²) in [5.41, 5.74) is 3.36. The van der Waals surface area contributed by atoms with E-state index in [2.05, 4.69) is 58.9 Å². The average Bonchev–Trinajstić information content (AvgIpc) is 2.74. The van der Waals surface area contributed by atoms with E-state index >= 15 is 0 Å². The number of pyridine rings is 1. The van der Waals surface area contributed by atoms with E-state index in [1.807, 2.05) is 24.4 Å². The van der Waals surface area contributed by atoms with Gasteiger partial charge in [-0.2, -0.15) is 0 Å². The number of aryl methyl sites for hydroxylation is 1. The molecule has 1 aliphatic rings. The van der Waals surface area contributed by atoms with Crippen LogP contribution < -0.4 is 15.4 Å². The Morgan fingerprint density at radius 2 is 2.04 bits per heavy atom. The van der Waals surface area contributed by atoms with Gasteiger partial charge in [0.15, 0.2) is 0 Å². The zero-order valence-corrected chi connectivity index (χ0v) is 16.5. The van der Waals surface area contributed by atoms with E-state index in [0.717, 1.165) is 48.3 Å². The second kappa shape index (κ2) is 9.07. The van der Waals surface area contributed by atoms with Gasteiger partial charge >= 0.3 is 0 Å². The van der Waals surface area contributed by atoms with Crippen LogP contribution in [-0.4, -0.2) is 30.7 Å². The number of aromatic nitrogens is 1. The molecule has 0 spiro atoms. The summed E-state index contributed by atoms with van der Waals surface area (Å²) in [7, 11) is 0. The topological polar surface area (TPSA) is 46.2 Å². The van der Waals surface area contributed by atoms with E-state index in [1.54, 1.807) is 0 Å².